The summed E-state index contributed by atoms with van der Waals surface area (Å²) in [5, 5.41) is 15.9. The molecule has 0 radical (unpaired) electrons. The van der Waals surface area contributed by atoms with Gasteiger partial charge >= 0.3 is 5.69 Å². The van der Waals surface area contributed by atoms with E-state index < -0.39 is 4.92 Å². The number of morpholine rings is 1. The van der Waals surface area contributed by atoms with Gasteiger partial charge in [-0.15, -0.1) is 0 Å². The summed E-state index contributed by atoms with van der Waals surface area (Å²) in [7, 11) is 1.54. The second-order valence-electron chi connectivity index (χ2n) is 8.01. The van der Waals surface area contributed by atoms with Crippen molar-refractivity contribution in [2.24, 2.45) is 0 Å². The minimum atomic E-state index is -0.567. The quantitative estimate of drug-likeness (QED) is 0.212. The summed E-state index contributed by atoms with van der Waals surface area (Å²) in [5.74, 6) is 0.589. The number of methoxy groups -OCH3 is 1. The largest absolute Gasteiger partial charge is 0.497 e. The molecule has 4 aromatic rings. The van der Waals surface area contributed by atoms with E-state index >= 15 is 0 Å². The highest BCUT2D eigenvalue weighted by Gasteiger charge is 2.25. The van der Waals surface area contributed by atoms with Crippen LogP contribution in [0.4, 0.5) is 23.1 Å². The normalized spacial score (nSPS) is 13.6. The summed E-state index contributed by atoms with van der Waals surface area (Å²) in [6, 6.07) is 11.8. The van der Waals surface area contributed by atoms with Gasteiger partial charge in [0.2, 0.25) is 17.5 Å². The van der Waals surface area contributed by atoms with E-state index in [1.807, 2.05) is 4.90 Å². The molecule has 0 aliphatic carbocycles. The molecule has 2 aromatic heterocycles. The second-order valence-corrected chi connectivity index (χ2v) is 8.44. The highest BCUT2D eigenvalue weighted by atomic mass is 35.5. The van der Waals surface area contributed by atoms with Crippen molar-refractivity contribution in [2.75, 3.05) is 43.6 Å². The van der Waals surface area contributed by atoms with Crippen molar-refractivity contribution < 1.29 is 19.2 Å². The lowest BCUT2D eigenvalue weighted by atomic mass is 10.1. The fourth-order valence-electron chi connectivity index (χ4n) is 3.98. The Bertz CT molecular complexity index is 1450. The first kappa shape index (κ1) is 23.5. The van der Waals surface area contributed by atoms with Crippen molar-refractivity contribution in [1.82, 2.24) is 15.0 Å². The van der Waals surface area contributed by atoms with E-state index in [2.05, 4.69) is 20.3 Å². The lowest BCUT2D eigenvalue weighted by Gasteiger charge is -2.26. The Morgan fingerprint density at radius 2 is 1.97 bits per heavy atom. The van der Waals surface area contributed by atoms with Gasteiger partial charge < -0.3 is 24.7 Å². The van der Waals surface area contributed by atoms with Crippen LogP contribution in [-0.2, 0) is 4.74 Å². The van der Waals surface area contributed by atoms with Crippen molar-refractivity contribution in [3.8, 4) is 5.75 Å². The minimum absolute atomic E-state index is 0.0314. The van der Waals surface area contributed by atoms with Gasteiger partial charge in [-0.3, -0.25) is 14.9 Å². The molecule has 36 heavy (non-hydrogen) atoms. The van der Waals surface area contributed by atoms with Gasteiger partial charge in [-0.05, 0) is 42.5 Å². The number of nitrogens with zero attached hydrogens (tertiary/aromatic N) is 4. The van der Waals surface area contributed by atoms with Crippen LogP contribution in [-0.4, -0.2) is 59.1 Å². The third kappa shape index (κ3) is 4.53. The van der Waals surface area contributed by atoms with Gasteiger partial charge in [0.15, 0.2) is 0 Å². The number of aromatic nitrogens is 3. The number of carbonyl (C=O) groups excluding carboxylic acids is 1. The molecule has 1 fully saturated rings. The number of benzene rings is 2. The maximum absolute atomic E-state index is 13.5. The van der Waals surface area contributed by atoms with Crippen LogP contribution in [0.1, 0.15) is 16.1 Å². The molecular weight excluding hydrogens is 488 g/mol. The highest BCUT2D eigenvalue weighted by Crippen LogP contribution is 2.36. The zero-order valence-electron chi connectivity index (χ0n) is 19.2. The molecule has 1 aliphatic heterocycles. The van der Waals surface area contributed by atoms with E-state index in [1.54, 1.807) is 49.6 Å². The summed E-state index contributed by atoms with van der Waals surface area (Å²) in [5.41, 5.74) is 1.23. The molecule has 0 amide bonds. The van der Waals surface area contributed by atoms with Crippen LogP contribution >= 0.6 is 11.6 Å². The number of aromatic amines is 1. The topological polar surface area (TPSA) is 136 Å². The molecule has 11 nitrogen and oxygen atoms in total. The Labute approximate surface area is 210 Å². The molecule has 3 heterocycles. The molecular formula is C24H21ClN6O5. The monoisotopic (exact) mass is 508 g/mol. The number of ketones is 1. The molecule has 184 valence electrons. The van der Waals surface area contributed by atoms with Gasteiger partial charge in [-0.2, -0.15) is 4.98 Å². The Balaban J connectivity index is 1.61. The van der Waals surface area contributed by atoms with E-state index in [-0.39, 0.29) is 23.0 Å². The predicted octanol–water partition coefficient (Wildman–Crippen LogP) is 4.34. The minimum Gasteiger partial charge on any atom is -0.497 e. The molecule has 0 bridgehead atoms. The van der Waals surface area contributed by atoms with E-state index in [4.69, 9.17) is 21.1 Å². The molecule has 1 aliphatic rings. The summed E-state index contributed by atoms with van der Waals surface area (Å²) in [6.07, 6.45) is 1.16. The molecule has 5 rings (SSSR count). The van der Waals surface area contributed by atoms with E-state index in [0.717, 1.165) is 6.20 Å². The molecule has 1 saturated heterocycles. The molecule has 12 heteroatoms. The number of ether oxygens (including phenoxy) is 2. The summed E-state index contributed by atoms with van der Waals surface area (Å²) >= 11 is 6.18. The van der Waals surface area contributed by atoms with Crippen LogP contribution in [0.5, 0.6) is 5.75 Å². The first-order valence-corrected chi connectivity index (χ1v) is 11.4. The Morgan fingerprint density at radius 3 is 2.67 bits per heavy atom. The van der Waals surface area contributed by atoms with Crippen LogP contribution in [0, 0.1) is 10.1 Å². The number of halogens is 1. The summed E-state index contributed by atoms with van der Waals surface area (Å²) < 4.78 is 10.6. The van der Waals surface area contributed by atoms with E-state index in [0.29, 0.717) is 65.2 Å². The number of fused-ring (bicyclic) bond motifs is 1. The van der Waals surface area contributed by atoms with Crippen molar-refractivity contribution in [2.45, 2.75) is 0 Å². The Kier molecular flexibility index (Phi) is 6.40. The fourth-order valence-corrected chi connectivity index (χ4v) is 4.15. The molecule has 0 atom stereocenters. The van der Waals surface area contributed by atoms with Crippen molar-refractivity contribution in [1.29, 1.82) is 0 Å². The van der Waals surface area contributed by atoms with Crippen LogP contribution in [0.2, 0.25) is 5.02 Å². The number of hydrogen-bond acceptors (Lipinski definition) is 9. The van der Waals surface area contributed by atoms with Gasteiger partial charge in [0, 0.05) is 34.6 Å². The third-order valence-corrected chi connectivity index (χ3v) is 6.07. The average molecular weight is 509 g/mol. The number of anilines is 3. The van der Waals surface area contributed by atoms with Crippen molar-refractivity contribution >= 4 is 51.4 Å². The van der Waals surface area contributed by atoms with Gasteiger partial charge in [0.25, 0.3) is 0 Å². The fraction of sp³-hybridized carbons (Fsp3) is 0.208. The lowest BCUT2D eigenvalue weighted by molar-refractivity contribution is -0.384. The SMILES string of the molecule is COc1ccc(C(=O)c2[nH]c3cc(Cl)ccc3c2Nc2nc(N3CCOCC3)ncc2[N+](=O)[O-])cc1. The maximum Gasteiger partial charge on any atom is 0.329 e. The standard InChI is InChI=1S/C24H21ClN6O5/c1-35-16-5-2-14(3-6-16)22(32)21-20(17-7-4-15(25)12-18(17)27-21)28-23-19(31(33)34)13-26-24(29-23)30-8-10-36-11-9-30/h2-7,12-13,27H,8-11H2,1H3,(H,26,28,29). The number of carbonyl (C=O) groups is 1. The van der Waals surface area contributed by atoms with Gasteiger partial charge in [0.05, 0.1) is 30.9 Å². The van der Waals surface area contributed by atoms with Gasteiger partial charge in [0.1, 0.15) is 17.6 Å². The number of hydrogen-bond donors (Lipinski definition) is 2. The second kappa shape index (κ2) is 9.80. The summed E-state index contributed by atoms with van der Waals surface area (Å²) in [4.78, 5) is 38.4. The van der Waals surface area contributed by atoms with Gasteiger partial charge in [-0.1, -0.05) is 11.6 Å². The molecule has 0 saturated carbocycles. The van der Waals surface area contributed by atoms with Crippen LogP contribution in [0.3, 0.4) is 0 Å². The maximum atomic E-state index is 13.5. The first-order chi connectivity index (χ1) is 17.4. The molecule has 2 N–H and O–H groups in total. The highest BCUT2D eigenvalue weighted by molar-refractivity contribution is 6.31. The van der Waals surface area contributed by atoms with Crippen molar-refractivity contribution in [3.63, 3.8) is 0 Å². The summed E-state index contributed by atoms with van der Waals surface area (Å²) in [6.45, 7) is 2.13. The number of rotatable bonds is 7. The van der Waals surface area contributed by atoms with Crippen molar-refractivity contribution in [3.05, 3.63) is 75.1 Å². The number of H-pyrrole nitrogens is 1. The third-order valence-electron chi connectivity index (χ3n) is 5.83. The average Bonchev–Trinajstić information content (AvgIpc) is 3.25. The lowest BCUT2D eigenvalue weighted by Crippen LogP contribution is -2.37. The number of nitrogens with one attached hydrogen (secondary N) is 2. The van der Waals surface area contributed by atoms with Crippen LogP contribution in [0.25, 0.3) is 10.9 Å². The smallest absolute Gasteiger partial charge is 0.329 e. The zero-order valence-corrected chi connectivity index (χ0v) is 19.9. The van der Waals surface area contributed by atoms with E-state index in [1.165, 1.54) is 0 Å². The van der Waals surface area contributed by atoms with E-state index in [9.17, 15) is 14.9 Å². The molecule has 0 unspecified atom stereocenters. The zero-order chi connectivity index (χ0) is 25.2. The Hall–Kier alpha value is -4.22. The molecule has 2 aromatic carbocycles. The first-order valence-electron chi connectivity index (χ1n) is 11.1. The van der Waals surface area contributed by atoms with Crippen LogP contribution in [0.15, 0.2) is 48.7 Å². The number of nitro groups is 1. The molecule has 0 spiro atoms. The van der Waals surface area contributed by atoms with Gasteiger partial charge in [-0.25, -0.2) is 4.98 Å². The predicted molar refractivity (Wildman–Crippen MR) is 135 cm³/mol. The van der Waals surface area contributed by atoms with Crippen LogP contribution < -0.4 is 15.0 Å². The Morgan fingerprint density at radius 1 is 1.22 bits per heavy atom.